The van der Waals surface area contributed by atoms with E-state index in [2.05, 4.69) is 10.3 Å². The molecule has 1 aromatic carbocycles. The van der Waals surface area contributed by atoms with Gasteiger partial charge in [-0.3, -0.25) is 4.98 Å². The van der Waals surface area contributed by atoms with Crippen molar-refractivity contribution in [2.75, 3.05) is 5.32 Å². The number of rotatable bonds is 2. The van der Waals surface area contributed by atoms with Gasteiger partial charge in [0.25, 0.3) is 5.79 Å². The molecule has 1 aliphatic rings. The van der Waals surface area contributed by atoms with Crippen LogP contribution in [0.3, 0.4) is 0 Å². The molecular formula is C16H13ClN2O4. The molecule has 1 fully saturated rings. The molecule has 1 aliphatic heterocycles. The second-order valence-corrected chi connectivity index (χ2v) is 5.84. The monoisotopic (exact) mass is 332 g/mol. The minimum Gasteiger partial charge on any atom is -0.419 e. The lowest BCUT2D eigenvalue weighted by Gasteiger charge is -2.29. The van der Waals surface area contributed by atoms with Crippen molar-refractivity contribution >= 4 is 40.1 Å². The number of carbonyl (C=O) groups is 2. The molecule has 0 atom stereocenters. The van der Waals surface area contributed by atoms with Gasteiger partial charge in [-0.15, -0.1) is 0 Å². The maximum Gasteiger partial charge on any atom is 0.350 e. The highest BCUT2D eigenvalue weighted by Gasteiger charge is 2.38. The van der Waals surface area contributed by atoms with Gasteiger partial charge >= 0.3 is 11.9 Å². The third-order valence-electron chi connectivity index (χ3n) is 3.18. The van der Waals surface area contributed by atoms with Crippen LogP contribution >= 0.6 is 11.6 Å². The summed E-state index contributed by atoms with van der Waals surface area (Å²) in [7, 11) is 0. The number of fused-ring (bicyclic) bond motifs is 1. The molecule has 0 unspecified atom stereocenters. The van der Waals surface area contributed by atoms with Crippen molar-refractivity contribution < 1.29 is 19.1 Å². The standard InChI is InChI=1S/C16H13ClN2O4/c1-16(2)22-14(20)11(15(21)23-16)8-19-13-5-3-4-12-10(13)6-9(17)7-18-12/h3-8,19H,1-2H3. The smallest absolute Gasteiger partial charge is 0.350 e. The Kier molecular flexibility index (Phi) is 3.69. The third-order valence-corrected chi connectivity index (χ3v) is 3.39. The van der Waals surface area contributed by atoms with Crippen molar-refractivity contribution in [1.29, 1.82) is 0 Å². The molecule has 1 N–H and O–H groups in total. The van der Waals surface area contributed by atoms with E-state index < -0.39 is 17.7 Å². The first-order valence-electron chi connectivity index (χ1n) is 6.83. The van der Waals surface area contributed by atoms with Crippen LogP contribution in [-0.2, 0) is 19.1 Å². The van der Waals surface area contributed by atoms with Crippen molar-refractivity contribution in [3.63, 3.8) is 0 Å². The van der Waals surface area contributed by atoms with E-state index in [-0.39, 0.29) is 5.57 Å². The molecule has 3 rings (SSSR count). The summed E-state index contributed by atoms with van der Waals surface area (Å²) >= 11 is 5.96. The average molecular weight is 333 g/mol. The Bertz CT molecular complexity index is 823. The van der Waals surface area contributed by atoms with Crippen molar-refractivity contribution in [3.05, 3.63) is 47.3 Å². The summed E-state index contributed by atoms with van der Waals surface area (Å²) in [6.07, 6.45) is 2.81. The first-order valence-corrected chi connectivity index (χ1v) is 7.21. The second kappa shape index (κ2) is 5.55. The Balaban J connectivity index is 1.93. The Morgan fingerprint density at radius 3 is 2.61 bits per heavy atom. The van der Waals surface area contributed by atoms with Crippen molar-refractivity contribution in [3.8, 4) is 0 Å². The highest BCUT2D eigenvalue weighted by Crippen LogP contribution is 2.26. The van der Waals surface area contributed by atoms with Crippen LogP contribution in [-0.4, -0.2) is 22.7 Å². The SMILES string of the molecule is CC1(C)OC(=O)C(=CNc2cccc3ncc(Cl)cc23)C(=O)O1. The number of carbonyl (C=O) groups excluding carboxylic acids is 2. The third kappa shape index (κ3) is 3.12. The number of nitrogens with one attached hydrogen (secondary N) is 1. The molecule has 0 saturated carbocycles. The number of pyridine rings is 1. The summed E-state index contributed by atoms with van der Waals surface area (Å²) in [5.74, 6) is -2.74. The van der Waals surface area contributed by atoms with Gasteiger partial charge in [0.05, 0.1) is 10.5 Å². The second-order valence-electron chi connectivity index (χ2n) is 5.41. The van der Waals surface area contributed by atoms with Crippen molar-refractivity contribution in [1.82, 2.24) is 4.98 Å². The van der Waals surface area contributed by atoms with Crippen LogP contribution in [0.4, 0.5) is 5.69 Å². The summed E-state index contributed by atoms with van der Waals surface area (Å²) in [5.41, 5.74) is 1.17. The van der Waals surface area contributed by atoms with Crippen LogP contribution in [0.2, 0.25) is 5.02 Å². The van der Waals surface area contributed by atoms with E-state index in [0.717, 1.165) is 10.9 Å². The van der Waals surface area contributed by atoms with Crippen LogP contribution in [0.15, 0.2) is 42.2 Å². The fourth-order valence-corrected chi connectivity index (χ4v) is 2.34. The number of nitrogens with zero attached hydrogens (tertiary/aromatic N) is 1. The Morgan fingerprint density at radius 2 is 1.91 bits per heavy atom. The van der Waals surface area contributed by atoms with Crippen LogP contribution in [0.1, 0.15) is 13.8 Å². The first kappa shape index (κ1) is 15.3. The lowest BCUT2D eigenvalue weighted by molar-refractivity contribution is -0.222. The zero-order chi connectivity index (χ0) is 16.6. The van der Waals surface area contributed by atoms with Gasteiger partial charge < -0.3 is 14.8 Å². The Morgan fingerprint density at radius 1 is 1.22 bits per heavy atom. The topological polar surface area (TPSA) is 77.5 Å². The predicted octanol–water partition coefficient (Wildman–Crippen LogP) is 3.02. The maximum atomic E-state index is 11.9. The van der Waals surface area contributed by atoms with Crippen LogP contribution in [0.5, 0.6) is 0 Å². The molecule has 2 heterocycles. The molecular weight excluding hydrogens is 320 g/mol. The highest BCUT2D eigenvalue weighted by atomic mass is 35.5. The summed E-state index contributed by atoms with van der Waals surface area (Å²) in [6.45, 7) is 2.98. The molecule has 118 valence electrons. The number of aromatic nitrogens is 1. The molecule has 6 nitrogen and oxygen atoms in total. The normalized spacial score (nSPS) is 16.7. The van der Waals surface area contributed by atoms with Gasteiger partial charge in [-0.25, -0.2) is 9.59 Å². The van der Waals surface area contributed by atoms with Gasteiger partial charge in [0.1, 0.15) is 0 Å². The molecule has 0 spiro atoms. The summed E-state index contributed by atoms with van der Waals surface area (Å²) in [4.78, 5) is 28.0. The van der Waals surface area contributed by atoms with E-state index in [1.165, 1.54) is 20.0 Å². The fraction of sp³-hybridized carbons (Fsp3) is 0.188. The molecule has 1 saturated heterocycles. The zero-order valence-electron chi connectivity index (χ0n) is 12.4. The van der Waals surface area contributed by atoms with E-state index in [4.69, 9.17) is 21.1 Å². The number of anilines is 1. The maximum absolute atomic E-state index is 11.9. The average Bonchev–Trinajstić information content (AvgIpc) is 2.45. The minimum absolute atomic E-state index is 0.212. The molecule has 0 aliphatic carbocycles. The molecule has 7 heteroatoms. The van der Waals surface area contributed by atoms with Gasteiger partial charge in [0.15, 0.2) is 5.57 Å². The number of ether oxygens (including phenoxy) is 2. The van der Waals surface area contributed by atoms with Crippen LogP contribution in [0.25, 0.3) is 10.9 Å². The van der Waals surface area contributed by atoms with E-state index >= 15 is 0 Å². The van der Waals surface area contributed by atoms with Crippen molar-refractivity contribution in [2.45, 2.75) is 19.6 Å². The largest absolute Gasteiger partial charge is 0.419 e. The van der Waals surface area contributed by atoms with Gasteiger partial charge in [0, 0.05) is 37.3 Å². The number of hydrogen-bond donors (Lipinski definition) is 1. The quantitative estimate of drug-likeness (QED) is 0.517. The predicted molar refractivity (Wildman–Crippen MR) is 84.7 cm³/mol. The lowest BCUT2D eigenvalue weighted by Crippen LogP contribution is -2.42. The molecule has 0 amide bonds. The molecule has 0 bridgehead atoms. The molecule has 23 heavy (non-hydrogen) atoms. The Hall–Kier alpha value is -2.60. The number of cyclic esters (lactones) is 2. The van der Waals surface area contributed by atoms with Crippen LogP contribution < -0.4 is 5.32 Å². The number of benzene rings is 1. The van der Waals surface area contributed by atoms with Gasteiger partial charge in [-0.2, -0.15) is 0 Å². The Labute approximate surface area is 137 Å². The van der Waals surface area contributed by atoms with Gasteiger partial charge in [-0.05, 0) is 18.2 Å². The number of halogens is 1. The van der Waals surface area contributed by atoms with Crippen LogP contribution in [0, 0.1) is 0 Å². The molecule has 0 radical (unpaired) electrons. The van der Waals surface area contributed by atoms with Gasteiger partial charge in [0.2, 0.25) is 0 Å². The number of esters is 2. The lowest BCUT2D eigenvalue weighted by atomic mass is 10.1. The summed E-state index contributed by atoms with van der Waals surface area (Å²) < 4.78 is 10.1. The van der Waals surface area contributed by atoms with E-state index in [1.807, 2.05) is 6.07 Å². The van der Waals surface area contributed by atoms with Crippen molar-refractivity contribution in [2.24, 2.45) is 0 Å². The van der Waals surface area contributed by atoms with Gasteiger partial charge in [-0.1, -0.05) is 17.7 Å². The summed E-state index contributed by atoms with van der Waals surface area (Å²) in [5, 5.41) is 4.15. The first-order chi connectivity index (χ1) is 10.9. The van der Waals surface area contributed by atoms with E-state index in [0.29, 0.717) is 10.7 Å². The fourth-order valence-electron chi connectivity index (χ4n) is 2.18. The molecule has 2 aromatic rings. The molecule has 1 aromatic heterocycles. The number of hydrogen-bond acceptors (Lipinski definition) is 6. The zero-order valence-corrected chi connectivity index (χ0v) is 13.2. The highest BCUT2D eigenvalue weighted by molar-refractivity contribution is 6.31. The minimum atomic E-state index is -1.26. The van der Waals surface area contributed by atoms with E-state index in [9.17, 15) is 9.59 Å². The van der Waals surface area contributed by atoms with E-state index in [1.54, 1.807) is 24.4 Å². The summed E-state index contributed by atoms with van der Waals surface area (Å²) in [6, 6.07) is 7.15.